The number of fused-ring (bicyclic) bond motifs is 1. The second-order valence-electron chi connectivity index (χ2n) is 7.71. The Morgan fingerprint density at radius 1 is 1.10 bits per heavy atom. The van der Waals surface area contributed by atoms with Crippen molar-refractivity contribution in [2.75, 3.05) is 37.3 Å². The quantitative estimate of drug-likeness (QED) is 0.662. The fourth-order valence-electron chi connectivity index (χ4n) is 3.64. The predicted molar refractivity (Wildman–Crippen MR) is 116 cm³/mol. The summed E-state index contributed by atoms with van der Waals surface area (Å²) in [4.78, 5) is 10.9. The lowest BCUT2D eigenvalue weighted by Gasteiger charge is -2.22. The lowest BCUT2D eigenvalue weighted by atomic mass is 10.1. The zero-order chi connectivity index (χ0) is 21.3. The van der Waals surface area contributed by atoms with Gasteiger partial charge in [-0.25, -0.2) is 22.7 Å². The highest BCUT2D eigenvalue weighted by molar-refractivity contribution is 7.88. The number of nitrogens with zero attached hydrogens (tertiary/aromatic N) is 5. The van der Waals surface area contributed by atoms with Crippen LogP contribution in [0.1, 0.15) is 20.3 Å². The first-order valence-electron chi connectivity index (χ1n) is 9.98. The van der Waals surface area contributed by atoms with E-state index in [0.29, 0.717) is 25.3 Å². The molecular weight excluding hydrogens is 404 g/mol. The number of rotatable bonds is 5. The highest BCUT2D eigenvalue weighted by atomic mass is 32.2. The van der Waals surface area contributed by atoms with Crippen LogP contribution in [0.25, 0.3) is 22.3 Å². The largest absolute Gasteiger partial charge is 0.491 e. The highest BCUT2D eigenvalue weighted by Gasteiger charge is 2.22. The molecule has 1 saturated heterocycles. The first kappa shape index (κ1) is 20.5. The maximum absolute atomic E-state index is 11.9. The lowest BCUT2D eigenvalue weighted by molar-refractivity contribution is 0.243. The summed E-state index contributed by atoms with van der Waals surface area (Å²) in [6.45, 7) is 6.26. The molecule has 0 amide bonds. The van der Waals surface area contributed by atoms with Crippen LogP contribution < -0.4 is 9.64 Å². The monoisotopic (exact) mass is 430 g/mol. The van der Waals surface area contributed by atoms with Gasteiger partial charge >= 0.3 is 0 Å². The smallest absolute Gasteiger partial charge is 0.211 e. The molecule has 4 rings (SSSR count). The normalized spacial score (nSPS) is 16.2. The summed E-state index contributed by atoms with van der Waals surface area (Å²) < 4.78 is 31.1. The minimum absolute atomic E-state index is 0.0815. The van der Waals surface area contributed by atoms with Crippen LogP contribution in [0.5, 0.6) is 5.75 Å². The van der Waals surface area contributed by atoms with Crippen molar-refractivity contribution in [2.24, 2.45) is 0 Å². The Bertz CT molecular complexity index is 1140. The van der Waals surface area contributed by atoms with Crippen molar-refractivity contribution in [3.63, 3.8) is 0 Å². The van der Waals surface area contributed by atoms with Crippen LogP contribution in [0.15, 0.2) is 30.6 Å². The summed E-state index contributed by atoms with van der Waals surface area (Å²) in [6.07, 6.45) is 3.61. The van der Waals surface area contributed by atoms with E-state index in [1.54, 1.807) is 0 Å². The number of aromatic nitrogens is 4. The number of hydrogen-bond donors (Lipinski definition) is 1. The summed E-state index contributed by atoms with van der Waals surface area (Å²) in [5.74, 6) is 1.55. The zero-order valence-corrected chi connectivity index (χ0v) is 18.2. The number of nitrogens with one attached hydrogen (secondary N) is 1. The van der Waals surface area contributed by atoms with Crippen LogP contribution in [0.2, 0.25) is 0 Å². The van der Waals surface area contributed by atoms with Crippen molar-refractivity contribution in [1.82, 2.24) is 24.5 Å². The van der Waals surface area contributed by atoms with Crippen molar-refractivity contribution in [1.29, 1.82) is 0 Å². The number of benzene rings is 1. The minimum atomic E-state index is -3.19. The van der Waals surface area contributed by atoms with Gasteiger partial charge in [-0.1, -0.05) is 0 Å². The number of anilines is 1. The Kier molecular flexibility index (Phi) is 5.61. The summed E-state index contributed by atoms with van der Waals surface area (Å²) in [6, 6.07) is 7.73. The molecule has 30 heavy (non-hydrogen) atoms. The first-order valence-corrected chi connectivity index (χ1v) is 11.8. The fourth-order valence-corrected chi connectivity index (χ4v) is 4.51. The van der Waals surface area contributed by atoms with Crippen molar-refractivity contribution in [2.45, 2.75) is 26.4 Å². The first-order chi connectivity index (χ1) is 14.3. The van der Waals surface area contributed by atoms with Crippen molar-refractivity contribution >= 4 is 26.7 Å². The minimum Gasteiger partial charge on any atom is -0.491 e. The topological polar surface area (TPSA) is 104 Å². The van der Waals surface area contributed by atoms with Gasteiger partial charge in [-0.15, -0.1) is 0 Å². The van der Waals surface area contributed by atoms with E-state index in [1.807, 2.05) is 38.1 Å². The molecule has 1 aliphatic rings. The summed E-state index contributed by atoms with van der Waals surface area (Å²) in [7, 11) is -3.19. The van der Waals surface area contributed by atoms with E-state index in [4.69, 9.17) is 4.74 Å². The van der Waals surface area contributed by atoms with Crippen LogP contribution in [-0.2, 0) is 10.0 Å². The van der Waals surface area contributed by atoms with E-state index in [2.05, 4.69) is 25.1 Å². The van der Waals surface area contributed by atoms with Gasteiger partial charge in [0.25, 0.3) is 0 Å². The summed E-state index contributed by atoms with van der Waals surface area (Å²) >= 11 is 0. The molecule has 1 N–H and O–H groups in total. The Morgan fingerprint density at radius 3 is 2.70 bits per heavy atom. The maximum atomic E-state index is 11.9. The van der Waals surface area contributed by atoms with Crippen molar-refractivity contribution in [3.05, 3.63) is 30.6 Å². The Balaban J connectivity index is 1.62. The van der Waals surface area contributed by atoms with Gasteiger partial charge in [0.1, 0.15) is 23.6 Å². The van der Waals surface area contributed by atoms with Crippen LogP contribution in [0.4, 0.5) is 5.82 Å². The van der Waals surface area contributed by atoms with Gasteiger partial charge < -0.3 is 9.64 Å². The number of sulfonamides is 1. The second kappa shape index (κ2) is 8.19. The Morgan fingerprint density at radius 2 is 1.93 bits per heavy atom. The molecule has 2 aromatic heterocycles. The summed E-state index contributed by atoms with van der Waals surface area (Å²) in [5.41, 5.74) is 2.34. The molecule has 0 saturated carbocycles. The molecule has 9 nitrogen and oxygen atoms in total. The van der Waals surface area contributed by atoms with Gasteiger partial charge in [0, 0.05) is 37.6 Å². The van der Waals surface area contributed by atoms with E-state index >= 15 is 0 Å². The zero-order valence-electron chi connectivity index (χ0n) is 17.4. The molecule has 10 heteroatoms. The molecule has 3 heterocycles. The van der Waals surface area contributed by atoms with E-state index in [-0.39, 0.29) is 6.10 Å². The molecular formula is C20H26N6O3S. The predicted octanol–water partition coefficient (Wildman–Crippen LogP) is 2.28. The summed E-state index contributed by atoms with van der Waals surface area (Å²) in [5, 5.41) is 8.43. The molecule has 160 valence electrons. The molecule has 0 unspecified atom stereocenters. The standard InChI is InChI=1S/C20H26N6O3S/c1-14(2)29-15-5-6-17-16(11-15)20(24-23-17)18-12-19(22-13-21-18)25-7-4-8-26(10-9-25)30(3,27)28/h5-6,11-14H,4,7-10H2,1-3H3,(H,23,24). The van der Waals surface area contributed by atoms with Crippen LogP contribution >= 0.6 is 0 Å². The second-order valence-corrected chi connectivity index (χ2v) is 9.69. The van der Waals surface area contributed by atoms with Gasteiger partial charge in [-0.3, -0.25) is 5.10 Å². The molecule has 0 spiro atoms. The number of hydrogen-bond acceptors (Lipinski definition) is 7. The molecule has 0 aliphatic carbocycles. The van der Waals surface area contributed by atoms with Gasteiger partial charge in [0.15, 0.2) is 0 Å². The molecule has 0 bridgehead atoms. The van der Waals surface area contributed by atoms with E-state index in [9.17, 15) is 8.42 Å². The fraction of sp³-hybridized carbons (Fsp3) is 0.450. The average molecular weight is 431 g/mol. The lowest BCUT2D eigenvalue weighted by Crippen LogP contribution is -2.34. The third-order valence-corrected chi connectivity index (χ3v) is 6.35. The Hall–Kier alpha value is -2.72. The van der Waals surface area contributed by atoms with Gasteiger partial charge in [0.2, 0.25) is 10.0 Å². The third kappa shape index (κ3) is 4.39. The van der Waals surface area contributed by atoms with E-state index < -0.39 is 10.0 Å². The average Bonchev–Trinajstić information content (AvgIpc) is 2.93. The van der Waals surface area contributed by atoms with Crippen molar-refractivity contribution in [3.8, 4) is 17.1 Å². The number of H-pyrrole nitrogens is 1. The van der Waals surface area contributed by atoms with E-state index in [0.717, 1.165) is 41.1 Å². The molecule has 1 aromatic carbocycles. The maximum Gasteiger partial charge on any atom is 0.211 e. The SMILES string of the molecule is CC(C)Oc1ccc2[nH]nc(-c3cc(N4CCCN(S(C)(=O)=O)CC4)ncn3)c2c1. The highest BCUT2D eigenvalue weighted by Crippen LogP contribution is 2.30. The van der Waals surface area contributed by atoms with Crippen LogP contribution in [-0.4, -0.2) is 71.4 Å². The molecule has 1 fully saturated rings. The molecule has 3 aromatic rings. The van der Waals surface area contributed by atoms with Crippen molar-refractivity contribution < 1.29 is 13.2 Å². The Labute approximate surface area is 176 Å². The number of aromatic amines is 1. The molecule has 1 aliphatic heterocycles. The molecule has 0 radical (unpaired) electrons. The van der Waals surface area contributed by atoms with Gasteiger partial charge in [-0.05, 0) is 38.5 Å². The number of ether oxygens (including phenoxy) is 1. The van der Waals surface area contributed by atoms with Gasteiger partial charge in [-0.2, -0.15) is 5.10 Å². The van der Waals surface area contributed by atoms with Crippen LogP contribution in [0.3, 0.4) is 0 Å². The van der Waals surface area contributed by atoms with Gasteiger partial charge in [0.05, 0.1) is 23.6 Å². The van der Waals surface area contributed by atoms with Crippen LogP contribution in [0, 0.1) is 0 Å². The molecule has 0 atom stereocenters. The third-order valence-electron chi connectivity index (χ3n) is 5.05. The van der Waals surface area contributed by atoms with E-state index in [1.165, 1.54) is 16.9 Å².